The fourth-order valence-corrected chi connectivity index (χ4v) is 3.22. The molecule has 20 heavy (non-hydrogen) atoms. The number of aryl methyl sites for hydroxylation is 1. The van der Waals surface area contributed by atoms with Crippen LogP contribution in [0.4, 0.5) is 5.69 Å². The fourth-order valence-electron chi connectivity index (χ4n) is 1.64. The topological polar surface area (TPSA) is 81.4 Å². The molecule has 5 nitrogen and oxygen atoms in total. The lowest BCUT2D eigenvalue weighted by molar-refractivity contribution is 0.402. The summed E-state index contributed by atoms with van der Waals surface area (Å²) in [4.78, 5) is 0.0832. The molecular weight excluding hydrogens is 296 g/mol. The van der Waals surface area contributed by atoms with Crippen molar-refractivity contribution >= 4 is 27.5 Å². The third-order valence-electron chi connectivity index (χ3n) is 3.09. The van der Waals surface area contributed by atoms with E-state index in [-0.39, 0.29) is 4.90 Å². The molecule has 0 saturated heterocycles. The molecule has 1 rings (SSSR count). The molecule has 1 aromatic rings. The van der Waals surface area contributed by atoms with Crippen molar-refractivity contribution in [3.05, 3.63) is 17.7 Å². The van der Waals surface area contributed by atoms with Gasteiger partial charge in [0.25, 0.3) is 0 Å². The van der Waals surface area contributed by atoms with Crippen LogP contribution in [-0.4, -0.2) is 33.6 Å². The van der Waals surface area contributed by atoms with Gasteiger partial charge in [-0.3, -0.25) is 0 Å². The van der Waals surface area contributed by atoms with Gasteiger partial charge >= 0.3 is 0 Å². The molecule has 0 amide bonds. The molecule has 0 radical (unpaired) electrons. The van der Waals surface area contributed by atoms with Gasteiger partial charge in [0.1, 0.15) is 10.6 Å². The molecule has 0 aliphatic heterocycles. The molecular formula is C13H22N2O3S2. The van der Waals surface area contributed by atoms with Gasteiger partial charge in [0.05, 0.1) is 7.11 Å². The number of hydrogen-bond donors (Lipinski definition) is 2. The molecule has 0 spiro atoms. The van der Waals surface area contributed by atoms with Crippen molar-refractivity contribution in [3.8, 4) is 5.75 Å². The van der Waals surface area contributed by atoms with E-state index < -0.39 is 10.0 Å². The van der Waals surface area contributed by atoms with Crippen LogP contribution in [0.3, 0.4) is 0 Å². The monoisotopic (exact) mass is 318 g/mol. The van der Waals surface area contributed by atoms with Crippen LogP contribution in [-0.2, 0) is 10.0 Å². The van der Waals surface area contributed by atoms with Gasteiger partial charge in [-0.05, 0) is 37.3 Å². The molecule has 0 aliphatic rings. The largest absolute Gasteiger partial charge is 0.495 e. The van der Waals surface area contributed by atoms with Crippen molar-refractivity contribution in [1.82, 2.24) is 4.72 Å². The molecule has 0 saturated carbocycles. The lowest BCUT2D eigenvalue weighted by Crippen LogP contribution is -2.26. The van der Waals surface area contributed by atoms with Gasteiger partial charge in [-0.2, -0.15) is 11.8 Å². The molecule has 1 atom stereocenters. The third kappa shape index (κ3) is 4.29. The van der Waals surface area contributed by atoms with E-state index in [0.29, 0.717) is 23.2 Å². The quantitative estimate of drug-likeness (QED) is 0.752. The van der Waals surface area contributed by atoms with Gasteiger partial charge in [0, 0.05) is 17.5 Å². The number of nitrogens with two attached hydrogens (primary N) is 1. The van der Waals surface area contributed by atoms with E-state index in [9.17, 15) is 8.42 Å². The summed E-state index contributed by atoms with van der Waals surface area (Å²) in [6, 6.07) is 3.07. The Labute approximate surface area is 125 Å². The Kier molecular flexibility index (Phi) is 6.16. The van der Waals surface area contributed by atoms with E-state index in [1.54, 1.807) is 17.8 Å². The maximum absolute atomic E-state index is 12.3. The average molecular weight is 318 g/mol. The number of methoxy groups -OCH3 is 1. The molecule has 0 aliphatic carbocycles. The zero-order chi connectivity index (χ0) is 15.3. The Hall–Kier alpha value is -0.920. The van der Waals surface area contributed by atoms with Crippen molar-refractivity contribution in [1.29, 1.82) is 0 Å². The number of ether oxygens (including phenoxy) is 1. The normalized spacial score (nSPS) is 13.2. The molecule has 1 unspecified atom stereocenters. The standard InChI is InChI=1S/C13H22N2O3S2/c1-9-7-12(18-3)13(8-11(9)14)20(16,17)15-6-5-10(2)19-4/h7-8,10,15H,5-6,14H2,1-4H3. The number of benzene rings is 1. The van der Waals surface area contributed by atoms with Crippen LogP contribution in [0.25, 0.3) is 0 Å². The van der Waals surface area contributed by atoms with Crippen LogP contribution in [0.15, 0.2) is 17.0 Å². The number of rotatable bonds is 7. The second-order valence-electron chi connectivity index (χ2n) is 4.59. The van der Waals surface area contributed by atoms with E-state index in [2.05, 4.69) is 11.6 Å². The zero-order valence-corrected chi connectivity index (χ0v) is 13.9. The van der Waals surface area contributed by atoms with Gasteiger partial charge in [-0.25, -0.2) is 13.1 Å². The highest BCUT2D eigenvalue weighted by molar-refractivity contribution is 7.99. The van der Waals surface area contributed by atoms with Gasteiger partial charge in [-0.15, -0.1) is 0 Å². The minimum atomic E-state index is -3.61. The summed E-state index contributed by atoms with van der Waals surface area (Å²) in [7, 11) is -2.17. The maximum atomic E-state index is 12.3. The minimum absolute atomic E-state index is 0.0832. The highest BCUT2D eigenvalue weighted by atomic mass is 32.2. The van der Waals surface area contributed by atoms with Crippen LogP contribution >= 0.6 is 11.8 Å². The van der Waals surface area contributed by atoms with Crippen molar-refractivity contribution in [2.45, 2.75) is 30.4 Å². The predicted molar refractivity (Wildman–Crippen MR) is 84.9 cm³/mol. The molecule has 0 heterocycles. The Bertz CT molecular complexity index is 559. The minimum Gasteiger partial charge on any atom is -0.495 e. The predicted octanol–water partition coefficient (Wildman–Crippen LogP) is 2.01. The lowest BCUT2D eigenvalue weighted by Gasteiger charge is -2.14. The lowest BCUT2D eigenvalue weighted by atomic mass is 10.2. The molecule has 0 aromatic heterocycles. The molecule has 3 N–H and O–H groups in total. The average Bonchev–Trinajstić information content (AvgIpc) is 2.40. The molecule has 114 valence electrons. The van der Waals surface area contributed by atoms with E-state index in [4.69, 9.17) is 10.5 Å². The first-order valence-corrected chi connectivity index (χ1v) is 9.05. The van der Waals surface area contributed by atoms with Gasteiger partial charge < -0.3 is 10.5 Å². The highest BCUT2D eigenvalue weighted by Crippen LogP contribution is 2.28. The van der Waals surface area contributed by atoms with E-state index in [1.165, 1.54) is 13.2 Å². The van der Waals surface area contributed by atoms with Crippen LogP contribution in [0.1, 0.15) is 18.9 Å². The Morgan fingerprint density at radius 3 is 2.65 bits per heavy atom. The Balaban J connectivity index is 2.95. The number of nitrogen functional groups attached to an aromatic ring is 1. The van der Waals surface area contributed by atoms with Crippen molar-refractivity contribution in [2.75, 3.05) is 25.6 Å². The van der Waals surface area contributed by atoms with E-state index in [0.717, 1.165) is 12.0 Å². The smallest absolute Gasteiger partial charge is 0.244 e. The zero-order valence-electron chi connectivity index (χ0n) is 12.3. The molecule has 1 aromatic carbocycles. The van der Waals surface area contributed by atoms with Crippen LogP contribution in [0.5, 0.6) is 5.75 Å². The summed E-state index contributed by atoms with van der Waals surface area (Å²) in [5, 5.41) is 0.405. The first kappa shape index (κ1) is 17.1. The summed E-state index contributed by atoms with van der Waals surface area (Å²) in [5.41, 5.74) is 7.01. The first-order valence-electron chi connectivity index (χ1n) is 6.28. The van der Waals surface area contributed by atoms with Crippen LogP contribution in [0, 0.1) is 6.92 Å². The number of anilines is 1. The SMILES string of the molecule is COc1cc(C)c(N)cc1S(=O)(=O)NCCC(C)SC. The summed E-state index contributed by atoms with van der Waals surface area (Å²) in [6.07, 6.45) is 2.77. The number of nitrogens with one attached hydrogen (secondary N) is 1. The van der Waals surface area contributed by atoms with Crippen LogP contribution < -0.4 is 15.2 Å². The first-order chi connectivity index (χ1) is 9.31. The molecule has 7 heteroatoms. The second kappa shape index (κ2) is 7.19. The van der Waals surface area contributed by atoms with Gasteiger partial charge in [-0.1, -0.05) is 6.92 Å². The van der Waals surface area contributed by atoms with Crippen molar-refractivity contribution in [2.24, 2.45) is 0 Å². The van der Waals surface area contributed by atoms with E-state index in [1.807, 2.05) is 13.2 Å². The summed E-state index contributed by atoms with van der Waals surface area (Å²) in [5.74, 6) is 0.308. The van der Waals surface area contributed by atoms with Crippen LogP contribution in [0.2, 0.25) is 0 Å². The number of thioether (sulfide) groups is 1. The maximum Gasteiger partial charge on any atom is 0.244 e. The Morgan fingerprint density at radius 1 is 1.45 bits per heavy atom. The second-order valence-corrected chi connectivity index (χ2v) is 7.60. The Morgan fingerprint density at radius 2 is 2.10 bits per heavy atom. The highest BCUT2D eigenvalue weighted by Gasteiger charge is 2.20. The fraction of sp³-hybridized carbons (Fsp3) is 0.538. The molecule has 0 fully saturated rings. The van der Waals surface area contributed by atoms with Crippen molar-refractivity contribution < 1.29 is 13.2 Å². The summed E-state index contributed by atoms with van der Waals surface area (Å²) in [6.45, 7) is 4.26. The summed E-state index contributed by atoms with van der Waals surface area (Å²) >= 11 is 1.70. The van der Waals surface area contributed by atoms with Gasteiger partial charge in [0.15, 0.2) is 0 Å². The summed E-state index contributed by atoms with van der Waals surface area (Å²) < 4.78 is 32.3. The third-order valence-corrected chi connectivity index (χ3v) is 5.61. The molecule has 0 bridgehead atoms. The van der Waals surface area contributed by atoms with Gasteiger partial charge in [0.2, 0.25) is 10.0 Å². The number of hydrogen-bond acceptors (Lipinski definition) is 5. The van der Waals surface area contributed by atoms with Crippen molar-refractivity contribution in [3.63, 3.8) is 0 Å². The number of sulfonamides is 1. The van der Waals surface area contributed by atoms with E-state index >= 15 is 0 Å².